The lowest BCUT2D eigenvalue weighted by Gasteiger charge is -2.48. The molecule has 1 aromatic rings. The van der Waals surface area contributed by atoms with Crippen molar-refractivity contribution < 1.29 is 13.2 Å². The van der Waals surface area contributed by atoms with Crippen molar-refractivity contribution in [1.82, 2.24) is 9.62 Å². The standard InChI is InChI=1S/C17H24N2O3S/c20-23(21)12-4-10-19(23)11-9-18-15-13-17(7-3-8-17)22-16-6-2-1-5-14(15)16/h1-2,5-6,15,18H,3-4,7-13H2. The second-order valence-corrected chi connectivity index (χ2v) is 9.04. The van der Waals surface area contributed by atoms with Crippen LogP contribution in [0, 0.1) is 0 Å². The normalized spacial score (nSPS) is 28.1. The van der Waals surface area contributed by atoms with Gasteiger partial charge in [-0.3, -0.25) is 0 Å². The SMILES string of the molecule is O=S1(=O)CCCN1CCNC1CC2(CCC2)Oc2ccccc21. The molecule has 1 aliphatic carbocycles. The molecule has 3 aliphatic rings. The molecule has 2 fully saturated rings. The van der Waals surface area contributed by atoms with E-state index in [2.05, 4.69) is 11.4 Å². The van der Waals surface area contributed by atoms with E-state index in [4.69, 9.17) is 4.74 Å². The molecular weight excluding hydrogens is 312 g/mol. The molecule has 1 spiro atoms. The molecule has 0 amide bonds. The van der Waals surface area contributed by atoms with Gasteiger partial charge in [0.1, 0.15) is 11.4 Å². The number of rotatable bonds is 4. The van der Waals surface area contributed by atoms with E-state index in [1.165, 1.54) is 12.0 Å². The maximum atomic E-state index is 11.9. The first kappa shape index (κ1) is 15.4. The monoisotopic (exact) mass is 336 g/mol. The van der Waals surface area contributed by atoms with Gasteiger partial charge in [0.2, 0.25) is 10.0 Å². The van der Waals surface area contributed by atoms with Crippen LogP contribution in [-0.2, 0) is 10.0 Å². The molecule has 2 heterocycles. The first-order valence-corrected chi connectivity index (χ1v) is 10.2. The van der Waals surface area contributed by atoms with Gasteiger partial charge < -0.3 is 10.1 Å². The molecular formula is C17H24N2O3S. The Morgan fingerprint density at radius 1 is 1.26 bits per heavy atom. The van der Waals surface area contributed by atoms with Gasteiger partial charge in [-0.1, -0.05) is 18.2 Å². The summed E-state index contributed by atoms with van der Waals surface area (Å²) in [6, 6.07) is 8.48. The first-order valence-electron chi connectivity index (χ1n) is 8.57. The lowest BCUT2D eigenvalue weighted by molar-refractivity contribution is -0.0369. The highest BCUT2D eigenvalue weighted by Crippen LogP contribution is 2.48. The van der Waals surface area contributed by atoms with Gasteiger partial charge >= 0.3 is 0 Å². The van der Waals surface area contributed by atoms with E-state index in [0.29, 0.717) is 25.4 Å². The van der Waals surface area contributed by atoms with E-state index in [9.17, 15) is 8.42 Å². The van der Waals surface area contributed by atoms with Crippen LogP contribution in [0.3, 0.4) is 0 Å². The number of benzene rings is 1. The molecule has 1 N–H and O–H groups in total. The number of hydrogen-bond donors (Lipinski definition) is 1. The highest BCUT2D eigenvalue weighted by atomic mass is 32.2. The van der Waals surface area contributed by atoms with Crippen molar-refractivity contribution in [1.29, 1.82) is 0 Å². The number of fused-ring (bicyclic) bond motifs is 1. The molecule has 0 bridgehead atoms. The average molecular weight is 336 g/mol. The molecule has 1 aromatic carbocycles. The van der Waals surface area contributed by atoms with Crippen LogP contribution in [0.25, 0.3) is 0 Å². The smallest absolute Gasteiger partial charge is 0.214 e. The van der Waals surface area contributed by atoms with Gasteiger partial charge in [-0.2, -0.15) is 0 Å². The Kier molecular flexibility index (Phi) is 3.86. The number of sulfonamides is 1. The van der Waals surface area contributed by atoms with Gasteiger partial charge in [-0.05, 0) is 31.7 Å². The van der Waals surface area contributed by atoms with E-state index in [-0.39, 0.29) is 11.6 Å². The molecule has 1 saturated carbocycles. The van der Waals surface area contributed by atoms with Gasteiger partial charge in [0, 0.05) is 37.7 Å². The largest absolute Gasteiger partial charge is 0.487 e. The predicted octanol–water partition coefficient (Wildman–Crippen LogP) is 2.06. The third-order valence-electron chi connectivity index (χ3n) is 5.42. The molecule has 126 valence electrons. The van der Waals surface area contributed by atoms with Crippen molar-refractivity contribution in [2.75, 3.05) is 25.4 Å². The molecule has 0 aromatic heterocycles. The minimum absolute atomic E-state index is 0.00570. The van der Waals surface area contributed by atoms with Gasteiger partial charge in [0.25, 0.3) is 0 Å². The maximum absolute atomic E-state index is 11.9. The van der Waals surface area contributed by atoms with Crippen LogP contribution < -0.4 is 10.1 Å². The predicted molar refractivity (Wildman–Crippen MR) is 89.0 cm³/mol. The van der Waals surface area contributed by atoms with Crippen LogP contribution in [0.2, 0.25) is 0 Å². The van der Waals surface area contributed by atoms with E-state index in [1.807, 2.05) is 18.2 Å². The molecule has 6 heteroatoms. The highest BCUT2D eigenvalue weighted by molar-refractivity contribution is 7.89. The molecule has 1 atom stereocenters. The Bertz CT molecular complexity index is 685. The van der Waals surface area contributed by atoms with Crippen LogP contribution in [-0.4, -0.2) is 43.7 Å². The van der Waals surface area contributed by atoms with Crippen LogP contribution in [0.1, 0.15) is 43.7 Å². The summed E-state index contributed by atoms with van der Waals surface area (Å²) < 4.78 is 31.6. The summed E-state index contributed by atoms with van der Waals surface area (Å²) in [4.78, 5) is 0. The van der Waals surface area contributed by atoms with Crippen LogP contribution in [0.15, 0.2) is 24.3 Å². The van der Waals surface area contributed by atoms with Crippen LogP contribution in [0.4, 0.5) is 0 Å². The molecule has 2 aliphatic heterocycles. The Morgan fingerprint density at radius 3 is 2.78 bits per heavy atom. The van der Waals surface area contributed by atoms with Gasteiger partial charge in [0.15, 0.2) is 0 Å². The minimum atomic E-state index is -3.00. The lowest BCUT2D eigenvalue weighted by atomic mass is 9.73. The van der Waals surface area contributed by atoms with Crippen LogP contribution in [0.5, 0.6) is 5.75 Å². The summed E-state index contributed by atoms with van der Waals surface area (Å²) in [5.41, 5.74) is 1.21. The fourth-order valence-corrected chi connectivity index (χ4v) is 5.51. The number of nitrogens with one attached hydrogen (secondary N) is 1. The second kappa shape index (κ2) is 5.76. The highest BCUT2D eigenvalue weighted by Gasteiger charge is 2.45. The van der Waals surface area contributed by atoms with E-state index in [1.54, 1.807) is 4.31 Å². The minimum Gasteiger partial charge on any atom is -0.487 e. The summed E-state index contributed by atoms with van der Waals surface area (Å²) in [6.45, 7) is 1.92. The average Bonchev–Trinajstić information content (AvgIpc) is 2.84. The summed E-state index contributed by atoms with van der Waals surface area (Å²) in [5.74, 6) is 1.29. The third-order valence-corrected chi connectivity index (χ3v) is 7.37. The topological polar surface area (TPSA) is 58.6 Å². The van der Waals surface area contributed by atoms with E-state index < -0.39 is 10.0 Å². The van der Waals surface area contributed by atoms with Crippen molar-refractivity contribution in [2.24, 2.45) is 0 Å². The summed E-state index contributed by atoms with van der Waals surface area (Å²) >= 11 is 0. The lowest BCUT2D eigenvalue weighted by Crippen LogP contribution is -2.49. The first-order chi connectivity index (χ1) is 11.1. The quantitative estimate of drug-likeness (QED) is 0.914. The van der Waals surface area contributed by atoms with E-state index >= 15 is 0 Å². The fourth-order valence-electron chi connectivity index (χ4n) is 3.98. The fraction of sp³-hybridized carbons (Fsp3) is 0.647. The third kappa shape index (κ3) is 2.88. The Labute approximate surface area is 138 Å². The summed E-state index contributed by atoms with van der Waals surface area (Å²) in [7, 11) is -3.00. The molecule has 4 rings (SSSR count). The summed E-state index contributed by atoms with van der Waals surface area (Å²) in [6.07, 6.45) is 5.23. The maximum Gasteiger partial charge on any atom is 0.214 e. The van der Waals surface area contributed by atoms with E-state index in [0.717, 1.165) is 31.4 Å². The Hall–Kier alpha value is -1.11. The Balaban J connectivity index is 1.43. The molecule has 23 heavy (non-hydrogen) atoms. The second-order valence-electron chi connectivity index (χ2n) is 6.96. The number of ether oxygens (including phenoxy) is 1. The van der Waals surface area contributed by atoms with Crippen molar-refractivity contribution in [3.8, 4) is 5.75 Å². The number of hydrogen-bond acceptors (Lipinski definition) is 4. The molecule has 1 unspecified atom stereocenters. The molecule has 1 saturated heterocycles. The summed E-state index contributed by atoms with van der Waals surface area (Å²) in [5, 5.41) is 3.58. The van der Waals surface area contributed by atoms with Gasteiger partial charge in [-0.15, -0.1) is 0 Å². The van der Waals surface area contributed by atoms with Crippen molar-refractivity contribution in [2.45, 2.75) is 43.7 Å². The van der Waals surface area contributed by atoms with Crippen molar-refractivity contribution in [3.63, 3.8) is 0 Å². The zero-order valence-corrected chi connectivity index (χ0v) is 14.1. The van der Waals surface area contributed by atoms with Crippen molar-refractivity contribution >= 4 is 10.0 Å². The van der Waals surface area contributed by atoms with Crippen molar-refractivity contribution in [3.05, 3.63) is 29.8 Å². The number of para-hydroxylation sites is 1. The zero-order valence-electron chi connectivity index (χ0n) is 13.3. The zero-order chi connectivity index (χ0) is 15.9. The van der Waals surface area contributed by atoms with Crippen LogP contribution >= 0.6 is 0 Å². The molecule has 5 nitrogen and oxygen atoms in total. The van der Waals surface area contributed by atoms with Gasteiger partial charge in [-0.25, -0.2) is 12.7 Å². The van der Waals surface area contributed by atoms with Gasteiger partial charge in [0.05, 0.1) is 5.75 Å². The Morgan fingerprint density at radius 2 is 2.09 bits per heavy atom. The number of nitrogens with zero attached hydrogens (tertiary/aromatic N) is 1. The molecule has 0 radical (unpaired) electrons.